The molecule has 1 aromatic carbocycles. The zero-order valence-electron chi connectivity index (χ0n) is 15.4. The van der Waals surface area contributed by atoms with Crippen molar-refractivity contribution in [1.29, 1.82) is 0 Å². The van der Waals surface area contributed by atoms with Crippen LogP contribution < -0.4 is 0 Å². The Labute approximate surface area is 154 Å². The summed E-state index contributed by atoms with van der Waals surface area (Å²) >= 11 is 0. The number of piperidine rings is 1. The summed E-state index contributed by atoms with van der Waals surface area (Å²) in [6.07, 6.45) is 7.84. The van der Waals surface area contributed by atoms with Crippen LogP contribution in [0, 0.1) is 23.0 Å². The summed E-state index contributed by atoms with van der Waals surface area (Å²) < 4.78 is 26.6. The van der Waals surface area contributed by atoms with Gasteiger partial charge in [-0.05, 0) is 56.3 Å². The van der Waals surface area contributed by atoms with E-state index in [1.165, 1.54) is 25.0 Å². The fraction of sp³-hybridized carbons (Fsp3) is 0.667. The highest BCUT2D eigenvalue weighted by Gasteiger charge is 2.43. The fourth-order valence-corrected chi connectivity index (χ4v) is 5.23. The average molecular weight is 362 g/mol. The summed E-state index contributed by atoms with van der Waals surface area (Å²) in [5.74, 6) is -0.937. The van der Waals surface area contributed by atoms with Gasteiger partial charge in [-0.15, -0.1) is 0 Å². The zero-order valence-corrected chi connectivity index (χ0v) is 15.4. The average Bonchev–Trinajstić information content (AvgIpc) is 3.28. The summed E-state index contributed by atoms with van der Waals surface area (Å²) in [4.78, 5) is 17.2. The van der Waals surface area contributed by atoms with Gasteiger partial charge in [0.2, 0.25) is 5.91 Å². The Morgan fingerprint density at radius 3 is 2.62 bits per heavy atom. The maximum Gasteiger partial charge on any atom is 0.225 e. The summed E-state index contributed by atoms with van der Waals surface area (Å²) in [6, 6.07) is 4.19. The van der Waals surface area contributed by atoms with Crippen molar-refractivity contribution in [3.8, 4) is 0 Å². The highest BCUT2D eigenvalue weighted by Crippen LogP contribution is 2.40. The topological polar surface area (TPSA) is 23.6 Å². The molecule has 26 heavy (non-hydrogen) atoms. The van der Waals surface area contributed by atoms with Crippen LogP contribution in [0.2, 0.25) is 0 Å². The van der Waals surface area contributed by atoms with Crippen molar-refractivity contribution in [3.63, 3.8) is 0 Å². The van der Waals surface area contributed by atoms with E-state index >= 15 is 0 Å². The number of halogens is 2. The van der Waals surface area contributed by atoms with E-state index in [-0.39, 0.29) is 11.3 Å². The van der Waals surface area contributed by atoms with E-state index < -0.39 is 11.6 Å². The minimum atomic E-state index is -0.791. The SMILES string of the molecule is O=C(C1CCCC1)N1CCC2(CCCN(Cc3ccc(F)c(F)c3)C2)C1. The lowest BCUT2D eigenvalue weighted by atomic mass is 9.79. The lowest BCUT2D eigenvalue weighted by molar-refractivity contribution is -0.134. The van der Waals surface area contributed by atoms with E-state index in [2.05, 4.69) is 9.80 Å². The number of amides is 1. The summed E-state index contributed by atoms with van der Waals surface area (Å²) in [5.41, 5.74) is 1.00. The molecule has 0 radical (unpaired) electrons. The first-order valence-electron chi connectivity index (χ1n) is 10.00. The van der Waals surface area contributed by atoms with Gasteiger partial charge in [0.05, 0.1) is 0 Å². The maximum atomic E-state index is 13.5. The van der Waals surface area contributed by atoms with Crippen LogP contribution in [0.5, 0.6) is 0 Å². The Balaban J connectivity index is 1.38. The van der Waals surface area contributed by atoms with Crippen molar-refractivity contribution in [3.05, 3.63) is 35.4 Å². The third-order valence-electron chi connectivity index (χ3n) is 6.59. The second kappa shape index (κ2) is 7.26. The van der Waals surface area contributed by atoms with Gasteiger partial charge in [-0.3, -0.25) is 9.69 Å². The molecule has 1 amide bonds. The number of rotatable bonds is 3. The number of benzene rings is 1. The maximum absolute atomic E-state index is 13.5. The summed E-state index contributed by atoms with van der Waals surface area (Å²) in [5, 5.41) is 0. The van der Waals surface area contributed by atoms with Crippen LogP contribution in [0.25, 0.3) is 0 Å². The van der Waals surface area contributed by atoms with Crippen LogP contribution in [-0.4, -0.2) is 41.9 Å². The smallest absolute Gasteiger partial charge is 0.225 e. The normalized spacial score (nSPS) is 27.5. The Morgan fingerprint density at radius 2 is 1.85 bits per heavy atom. The van der Waals surface area contributed by atoms with Gasteiger partial charge in [0.15, 0.2) is 11.6 Å². The minimum absolute atomic E-state index is 0.186. The van der Waals surface area contributed by atoms with Crippen LogP contribution in [-0.2, 0) is 11.3 Å². The van der Waals surface area contributed by atoms with Crippen LogP contribution in [0.3, 0.4) is 0 Å². The lowest BCUT2D eigenvalue weighted by Crippen LogP contribution is -2.45. The molecule has 0 aromatic heterocycles. The molecule has 1 unspecified atom stereocenters. The van der Waals surface area contributed by atoms with Crippen LogP contribution in [0.15, 0.2) is 18.2 Å². The number of carbonyl (C=O) groups is 1. The monoisotopic (exact) mass is 362 g/mol. The van der Waals surface area contributed by atoms with Gasteiger partial charge in [-0.2, -0.15) is 0 Å². The molecule has 5 heteroatoms. The van der Waals surface area contributed by atoms with E-state index in [1.807, 2.05) is 0 Å². The molecule has 3 aliphatic rings. The van der Waals surface area contributed by atoms with Gasteiger partial charge >= 0.3 is 0 Å². The lowest BCUT2D eigenvalue weighted by Gasteiger charge is -2.40. The highest BCUT2D eigenvalue weighted by atomic mass is 19.2. The molecular weight excluding hydrogens is 334 g/mol. The molecule has 3 fully saturated rings. The summed E-state index contributed by atoms with van der Waals surface area (Å²) in [7, 11) is 0. The highest BCUT2D eigenvalue weighted by molar-refractivity contribution is 5.79. The van der Waals surface area contributed by atoms with Gasteiger partial charge in [0.25, 0.3) is 0 Å². The largest absolute Gasteiger partial charge is 0.342 e. The predicted molar refractivity (Wildman–Crippen MR) is 96.5 cm³/mol. The molecule has 2 saturated heterocycles. The molecule has 142 valence electrons. The Kier molecular flexibility index (Phi) is 5.00. The standard InChI is InChI=1S/C21H28F2N2O/c22-18-7-6-16(12-19(18)23)13-24-10-3-8-21(14-24)9-11-25(15-21)20(26)17-4-1-2-5-17/h6-7,12,17H,1-5,8-11,13-15H2. The number of hydrogen-bond acceptors (Lipinski definition) is 2. The van der Waals surface area contributed by atoms with E-state index in [0.29, 0.717) is 12.5 Å². The molecule has 1 atom stereocenters. The van der Waals surface area contributed by atoms with E-state index in [4.69, 9.17) is 0 Å². The van der Waals surface area contributed by atoms with E-state index in [9.17, 15) is 13.6 Å². The first-order valence-corrected chi connectivity index (χ1v) is 10.00. The van der Waals surface area contributed by atoms with Crippen molar-refractivity contribution in [2.45, 2.75) is 51.5 Å². The first-order chi connectivity index (χ1) is 12.5. The molecule has 4 rings (SSSR count). The second-order valence-electron chi connectivity index (χ2n) is 8.55. The molecule has 0 bridgehead atoms. The number of likely N-dealkylation sites (tertiary alicyclic amines) is 2. The van der Waals surface area contributed by atoms with E-state index in [1.54, 1.807) is 6.07 Å². The zero-order chi connectivity index (χ0) is 18.1. The third kappa shape index (κ3) is 3.64. The van der Waals surface area contributed by atoms with Gasteiger partial charge in [-0.25, -0.2) is 8.78 Å². The van der Waals surface area contributed by atoms with Gasteiger partial charge in [-0.1, -0.05) is 18.9 Å². The van der Waals surface area contributed by atoms with Crippen molar-refractivity contribution >= 4 is 5.91 Å². The van der Waals surface area contributed by atoms with Gasteiger partial charge in [0, 0.05) is 37.5 Å². The minimum Gasteiger partial charge on any atom is -0.342 e. The van der Waals surface area contributed by atoms with Crippen LogP contribution in [0.1, 0.15) is 50.5 Å². The fourth-order valence-electron chi connectivity index (χ4n) is 5.23. The number of hydrogen-bond donors (Lipinski definition) is 0. The first kappa shape index (κ1) is 17.9. The van der Waals surface area contributed by atoms with Crippen molar-refractivity contribution in [2.75, 3.05) is 26.2 Å². The Hall–Kier alpha value is -1.49. The number of carbonyl (C=O) groups excluding carboxylic acids is 1. The van der Waals surface area contributed by atoms with Crippen molar-refractivity contribution in [2.24, 2.45) is 11.3 Å². The molecule has 1 saturated carbocycles. The predicted octanol–water partition coefficient (Wildman–Crippen LogP) is 3.97. The Morgan fingerprint density at radius 1 is 1.04 bits per heavy atom. The third-order valence-corrected chi connectivity index (χ3v) is 6.59. The van der Waals surface area contributed by atoms with Crippen molar-refractivity contribution < 1.29 is 13.6 Å². The second-order valence-corrected chi connectivity index (χ2v) is 8.55. The molecule has 0 N–H and O–H groups in total. The number of nitrogens with zero attached hydrogens (tertiary/aromatic N) is 2. The molecule has 2 aliphatic heterocycles. The van der Waals surface area contributed by atoms with Crippen LogP contribution in [0.4, 0.5) is 8.78 Å². The van der Waals surface area contributed by atoms with Gasteiger partial charge < -0.3 is 4.90 Å². The molecule has 3 nitrogen and oxygen atoms in total. The molecular formula is C21H28F2N2O. The molecule has 1 aromatic rings. The summed E-state index contributed by atoms with van der Waals surface area (Å²) in [6.45, 7) is 4.33. The quantitative estimate of drug-likeness (QED) is 0.812. The van der Waals surface area contributed by atoms with Crippen molar-refractivity contribution in [1.82, 2.24) is 9.80 Å². The molecule has 1 aliphatic carbocycles. The van der Waals surface area contributed by atoms with Gasteiger partial charge in [0.1, 0.15) is 0 Å². The molecule has 1 spiro atoms. The van der Waals surface area contributed by atoms with Crippen LogP contribution >= 0.6 is 0 Å². The Bertz CT molecular complexity index is 674. The van der Waals surface area contributed by atoms with E-state index in [0.717, 1.165) is 63.8 Å². The molecule has 2 heterocycles.